The second kappa shape index (κ2) is 6.10. The van der Waals surface area contributed by atoms with Gasteiger partial charge in [0.1, 0.15) is 0 Å². The van der Waals surface area contributed by atoms with Crippen molar-refractivity contribution in [3.8, 4) is 6.07 Å². The summed E-state index contributed by atoms with van der Waals surface area (Å²) in [4.78, 5) is 14.1. The van der Waals surface area contributed by atoms with Gasteiger partial charge in [-0.25, -0.2) is 0 Å². The Bertz CT molecular complexity index is 699. The molecule has 0 saturated carbocycles. The van der Waals surface area contributed by atoms with E-state index in [0.717, 1.165) is 16.9 Å². The Morgan fingerprint density at radius 2 is 1.86 bits per heavy atom. The van der Waals surface area contributed by atoms with Gasteiger partial charge in [-0.15, -0.1) is 0 Å². The summed E-state index contributed by atoms with van der Waals surface area (Å²) in [6.45, 7) is 1.92. The minimum atomic E-state index is -0.0696. The summed E-state index contributed by atoms with van der Waals surface area (Å²) in [5.74, 6) is -0.0696. The number of hydrogen-bond acceptors (Lipinski definition) is 3. The molecule has 0 saturated heterocycles. The molecular weight excluding hydrogens is 262 g/mol. The first-order valence-electron chi connectivity index (χ1n) is 6.63. The second-order valence-corrected chi connectivity index (χ2v) is 4.80. The van der Waals surface area contributed by atoms with E-state index in [1.54, 1.807) is 36.2 Å². The van der Waals surface area contributed by atoms with Crippen LogP contribution >= 0.6 is 0 Å². The highest BCUT2D eigenvalue weighted by Crippen LogP contribution is 2.20. The van der Waals surface area contributed by atoms with Crippen molar-refractivity contribution in [3.05, 3.63) is 59.2 Å². The van der Waals surface area contributed by atoms with E-state index in [9.17, 15) is 4.79 Å². The van der Waals surface area contributed by atoms with Gasteiger partial charge in [0.15, 0.2) is 0 Å². The van der Waals surface area contributed by atoms with Gasteiger partial charge in [0, 0.05) is 31.0 Å². The largest absolute Gasteiger partial charge is 0.388 e. The van der Waals surface area contributed by atoms with Gasteiger partial charge in [-0.2, -0.15) is 5.26 Å². The molecule has 0 aliphatic rings. The first kappa shape index (κ1) is 14.6. The van der Waals surface area contributed by atoms with Gasteiger partial charge in [-0.1, -0.05) is 0 Å². The van der Waals surface area contributed by atoms with Crippen molar-refractivity contribution >= 4 is 17.3 Å². The van der Waals surface area contributed by atoms with Crippen molar-refractivity contribution in [1.29, 1.82) is 5.26 Å². The number of nitrogens with one attached hydrogen (secondary N) is 1. The highest BCUT2D eigenvalue weighted by Gasteiger charge is 2.15. The Morgan fingerprint density at radius 1 is 1.19 bits per heavy atom. The lowest BCUT2D eigenvalue weighted by Crippen LogP contribution is -2.26. The number of carbonyl (C=O) groups excluding carboxylic acids is 1. The summed E-state index contributed by atoms with van der Waals surface area (Å²) in [6, 6.07) is 14.7. The second-order valence-electron chi connectivity index (χ2n) is 4.80. The zero-order valence-corrected chi connectivity index (χ0v) is 12.3. The van der Waals surface area contributed by atoms with Gasteiger partial charge >= 0.3 is 0 Å². The van der Waals surface area contributed by atoms with E-state index in [1.807, 2.05) is 32.2 Å². The Morgan fingerprint density at radius 3 is 2.38 bits per heavy atom. The number of nitriles is 1. The van der Waals surface area contributed by atoms with Crippen LogP contribution in [0.15, 0.2) is 42.5 Å². The standard InChI is InChI=1S/C17H17N3O/c1-12-10-14(19-2)6-9-16(12)17(21)20(3)15-7-4-13(11-18)5-8-15/h4-10,19H,1-3H3. The van der Waals surface area contributed by atoms with Crippen LogP contribution in [0.25, 0.3) is 0 Å². The highest BCUT2D eigenvalue weighted by atomic mass is 16.2. The van der Waals surface area contributed by atoms with Crippen LogP contribution in [-0.4, -0.2) is 20.0 Å². The topological polar surface area (TPSA) is 56.1 Å². The Labute approximate surface area is 124 Å². The lowest BCUT2D eigenvalue weighted by atomic mass is 10.1. The lowest BCUT2D eigenvalue weighted by Gasteiger charge is -2.19. The number of aryl methyl sites for hydroxylation is 1. The van der Waals surface area contributed by atoms with Crippen molar-refractivity contribution < 1.29 is 4.79 Å². The summed E-state index contributed by atoms with van der Waals surface area (Å²) in [5.41, 5.74) is 3.91. The predicted octanol–water partition coefficient (Wildman–Crippen LogP) is 3.19. The molecule has 4 nitrogen and oxygen atoms in total. The number of rotatable bonds is 3. The molecule has 4 heteroatoms. The van der Waals surface area contributed by atoms with Crippen molar-refractivity contribution in [1.82, 2.24) is 0 Å². The predicted molar refractivity (Wildman–Crippen MR) is 84.6 cm³/mol. The molecule has 2 rings (SSSR count). The van der Waals surface area contributed by atoms with Crippen molar-refractivity contribution in [2.75, 3.05) is 24.3 Å². The fourth-order valence-corrected chi connectivity index (χ4v) is 2.12. The maximum absolute atomic E-state index is 12.6. The number of carbonyl (C=O) groups is 1. The van der Waals surface area contributed by atoms with Crippen molar-refractivity contribution in [2.45, 2.75) is 6.92 Å². The molecule has 2 aromatic carbocycles. The SMILES string of the molecule is CNc1ccc(C(=O)N(C)c2ccc(C#N)cc2)c(C)c1. The van der Waals surface area contributed by atoms with Crippen LogP contribution in [0.2, 0.25) is 0 Å². The summed E-state index contributed by atoms with van der Waals surface area (Å²) in [7, 11) is 3.58. The van der Waals surface area contributed by atoms with Gasteiger partial charge in [0.05, 0.1) is 11.6 Å². The van der Waals surface area contributed by atoms with E-state index in [2.05, 4.69) is 11.4 Å². The first-order valence-corrected chi connectivity index (χ1v) is 6.63. The maximum Gasteiger partial charge on any atom is 0.258 e. The Kier molecular flexibility index (Phi) is 4.24. The van der Waals surface area contributed by atoms with E-state index in [1.165, 1.54) is 0 Å². The Balaban J connectivity index is 2.28. The van der Waals surface area contributed by atoms with Crippen LogP contribution in [0.1, 0.15) is 21.5 Å². The minimum Gasteiger partial charge on any atom is -0.388 e. The van der Waals surface area contributed by atoms with Gasteiger partial charge < -0.3 is 10.2 Å². The molecule has 0 aromatic heterocycles. The Hall–Kier alpha value is -2.80. The zero-order chi connectivity index (χ0) is 15.4. The van der Waals surface area contributed by atoms with Gasteiger partial charge in [-0.05, 0) is 55.0 Å². The van der Waals surface area contributed by atoms with E-state index in [4.69, 9.17) is 5.26 Å². The van der Waals surface area contributed by atoms with E-state index < -0.39 is 0 Å². The summed E-state index contributed by atoms with van der Waals surface area (Å²) >= 11 is 0. The van der Waals surface area contributed by atoms with Gasteiger partial charge in [0.25, 0.3) is 5.91 Å². The number of hydrogen-bond donors (Lipinski definition) is 1. The molecule has 21 heavy (non-hydrogen) atoms. The molecule has 2 aromatic rings. The van der Waals surface area contributed by atoms with Crippen LogP contribution in [0, 0.1) is 18.3 Å². The third kappa shape index (κ3) is 3.03. The number of amides is 1. The van der Waals surface area contributed by atoms with Crippen LogP contribution in [0.3, 0.4) is 0 Å². The number of nitrogens with zero attached hydrogens (tertiary/aromatic N) is 2. The molecule has 1 amide bonds. The average molecular weight is 279 g/mol. The van der Waals surface area contributed by atoms with Crippen LogP contribution < -0.4 is 10.2 Å². The van der Waals surface area contributed by atoms with Gasteiger partial charge in [0.2, 0.25) is 0 Å². The molecule has 0 aliphatic heterocycles. The fourth-order valence-electron chi connectivity index (χ4n) is 2.12. The lowest BCUT2D eigenvalue weighted by molar-refractivity contribution is 0.0992. The zero-order valence-electron chi connectivity index (χ0n) is 12.3. The van der Waals surface area contributed by atoms with Gasteiger partial charge in [-0.3, -0.25) is 4.79 Å². The molecule has 0 heterocycles. The van der Waals surface area contributed by atoms with Crippen LogP contribution in [0.5, 0.6) is 0 Å². The molecule has 0 spiro atoms. The van der Waals surface area contributed by atoms with E-state index in [-0.39, 0.29) is 5.91 Å². The maximum atomic E-state index is 12.6. The summed E-state index contributed by atoms with van der Waals surface area (Å²) in [6.07, 6.45) is 0. The first-order chi connectivity index (χ1) is 10.1. The molecule has 0 atom stereocenters. The highest BCUT2D eigenvalue weighted by molar-refractivity contribution is 6.06. The molecule has 106 valence electrons. The average Bonchev–Trinajstić information content (AvgIpc) is 2.53. The molecule has 0 fully saturated rings. The molecule has 1 N–H and O–H groups in total. The number of benzene rings is 2. The third-order valence-electron chi connectivity index (χ3n) is 3.43. The monoisotopic (exact) mass is 279 g/mol. The minimum absolute atomic E-state index is 0.0696. The quantitative estimate of drug-likeness (QED) is 0.938. The third-order valence-corrected chi connectivity index (χ3v) is 3.43. The van der Waals surface area contributed by atoms with E-state index in [0.29, 0.717) is 11.1 Å². The molecule has 0 bridgehead atoms. The summed E-state index contributed by atoms with van der Waals surface area (Å²) < 4.78 is 0. The molecule has 0 radical (unpaired) electrons. The van der Waals surface area contributed by atoms with Crippen molar-refractivity contribution in [3.63, 3.8) is 0 Å². The van der Waals surface area contributed by atoms with E-state index >= 15 is 0 Å². The molecule has 0 unspecified atom stereocenters. The summed E-state index contributed by atoms with van der Waals surface area (Å²) in [5, 5.41) is 11.9. The molecule has 0 aliphatic carbocycles. The smallest absolute Gasteiger partial charge is 0.258 e. The van der Waals surface area contributed by atoms with Crippen LogP contribution in [-0.2, 0) is 0 Å². The normalized spacial score (nSPS) is 9.81. The fraction of sp³-hybridized carbons (Fsp3) is 0.176. The van der Waals surface area contributed by atoms with Crippen LogP contribution in [0.4, 0.5) is 11.4 Å². The molecular formula is C17H17N3O. The van der Waals surface area contributed by atoms with Crippen molar-refractivity contribution in [2.24, 2.45) is 0 Å². The number of anilines is 2.